The number of carbonyl (C=O) groups excluding carboxylic acids is 1. The first-order chi connectivity index (χ1) is 9.90. The maximum Gasteiger partial charge on any atom is 0.306 e. The monoisotopic (exact) mass is 300 g/mol. The van der Waals surface area contributed by atoms with Crippen LogP contribution in [-0.4, -0.2) is 23.1 Å². The largest absolute Gasteiger partial charge is 0.481 e. The highest BCUT2D eigenvalue weighted by Crippen LogP contribution is 2.30. The van der Waals surface area contributed by atoms with E-state index in [-0.39, 0.29) is 30.8 Å². The number of hydrogen-bond acceptors (Lipinski definition) is 3. The van der Waals surface area contributed by atoms with E-state index < -0.39 is 5.97 Å². The van der Waals surface area contributed by atoms with Crippen LogP contribution >= 0.6 is 0 Å². The summed E-state index contributed by atoms with van der Waals surface area (Å²) < 4.78 is 5.19. The van der Waals surface area contributed by atoms with Gasteiger partial charge in [0, 0.05) is 12.8 Å². The molecule has 0 spiro atoms. The predicted octanol–water partition coefficient (Wildman–Crippen LogP) is 4.42. The van der Waals surface area contributed by atoms with Gasteiger partial charge in [0.25, 0.3) is 0 Å². The fourth-order valence-electron chi connectivity index (χ4n) is 2.70. The lowest BCUT2D eigenvalue weighted by atomic mass is 9.80. The molecule has 0 rings (SSSR count). The van der Waals surface area contributed by atoms with Gasteiger partial charge in [-0.1, -0.05) is 52.4 Å². The molecule has 1 unspecified atom stereocenters. The van der Waals surface area contributed by atoms with Gasteiger partial charge in [-0.15, -0.1) is 0 Å². The smallest absolute Gasteiger partial charge is 0.306 e. The van der Waals surface area contributed by atoms with Gasteiger partial charge in [0.1, 0.15) is 0 Å². The van der Waals surface area contributed by atoms with Gasteiger partial charge in [0.2, 0.25) is 0 Å². The van der Waals surface area contributed by atoms with Crippen molar-refractivity contribution in [3.05, 3.63) is 0 Å². The summed E-state index contributed by atoms with van der Waals surface area (Å²) in [6.45, 7) is 7.90. The summed E-state index contributed by atoms with van der Waals surface area (Å²) in [6.07, 6.45) is 6.51. The van der Waals surface area contributed by atoms with Gasteiger partial charge >= 0.3 is 11.9 Å². The van der Waals surface area contributed by atoms with Crippen LogP contribution in [-0.2, 0) is 14.3 Å². The second kappa shape index (κ2) is 11.6. The lowest BCUT2D eigenvalue weighted by Crippen LogP contribution is -2.24. The normalized spacial score (nSPS) is 12.7. The van der Waals surface area contributed by atoms with Gasteiger partial charge in [-0.25, -0.2) is 0 Å². The van der Waals surface area contributed by atoms with Crippen molar-refractivity contribution in [3.8, 4) is 0 Å². The predicted molar refractivity (Wildman–Crippen MR) is 84.1 cm³/mol. The van der Waals surface area contributed by atoms with E-state index >= 15 is 0 Å². The molecule has 0 saturated heterocycles. The minimum atomic E-state index is -0.824. The Morgan fingerprint density at radius 3 is 1.86 bits per heavy atom. The molecule has 0 saturated carbocycles. The summed E-state index contributed by atoms with van der Waals surface area (Å²) in [7, 11) is 0. The van der Waals surface area contributed by atoms with Crippen LogP contribution < -0.4 is 0 Å². The summed E-state index contributed by atoms with van der Waals surface area (Å²) in [5, 5.41) is 9.13. The first kappa shape index (κ1) is 19.9. The van der Waals surface area contributed by atoms with Crippen LogP contribution in [0.4, 0.5) is 0 Å². The van der Waals surface area contributed by atoms with Crippen molar-refractivity contribution in [3.63, 3.8) is 0 Å². The third-order valence-corrected chi connectivity index (χ3v) is 3.76. The molecule has 21 heavy (non-hydrogen) atoms. The lowest BCUT2D eigenvalue weighted by Gasteiger charge is -2.26. The molecule has 0 radical (unpaired) electrons. The van der Waals surface area contributed by atoms with E-state index in [1.54, 1.807) is 0 Å². The number of carboxylic acids is 1. The SMILES string of the molecule is CCCCC(CCCC)C(CC(=O)O)CC(=O)OC(C)C. The molecule has 0 heterocycles. The van der Waals surface area contributed by atoms with E-state index in [0.29, 0.717) is 5.92 Å². The Labute approximate surface area is 129 Å². The Morgan fingerprint density at radius 2 is 1.48 bits per heavy atom. The zero-order valence-corrected chi connectivity index (χ0v) is 14.1. The van der Waals surface area contributed by atoms with Crippen molar-refractivity contribution in [2.24, 2.45) is 11.8 Å². The third kappa shape index (κ3) is 10.3. The Morgan fingerprint density at radius 1 is 0.952 bits per heavy atom. The highest BCUT2D eigenvalue weighted by molar-refractivity contribution is 5.72. The van der Waals surface area contributed by atoms with Crippen LogP contribution in [0.5, 0.6) is 0 Å². The van der Waals surface area contributed by atoms with Crippen LogP contribution in [0.2, 0.25) is 0 Å². The Hall–Kier alpha value is -1.06. The molecule has 4 heteroatoms. The first-order valence-corrected chi connectivity index (χ1v) is 8.31. The number of aliphatic carboxylic acids is 1. The van der Waals surface area contributed by atoms with Gasteiger partial charge < -0.3 is 9.84 Å². The van der Waals surface area contributed by atoms with Crippen LogP contribution in [0.3, 0.4) is 0 Å². The minimum Gasteiger partial charge on any atom is -0.481 e. The maximum absolute atomic E-state index is 11.9. The number of unbranched alkanes of at least 4 members (excludes halogenated alkanes) is 2. The molecule has 0 aromatic heterocycles. The zero-order chi connectivity index (χ0) is 16.3. The van der Waals surface area contributed by atoms with E-state index in [1.807, 2.05) is 13.8 Å². The van der Waals surface area contributed by atoms with Crippen molar-refractivity contribution in [1.29, 1.82) is 0 Å². The van der Waals surface area contributed by atoms with Crippen molar-refractivity contribution in [2.45, 2.75) is 85.2 Å². The zero-order valence-electron chi connectivity index (χ0n) is 14.1. The fourth-order valence-corrected chi connectivity index (χ4v) is 2.70. The average molecular weight is 300 g/mol. The van der Waals surface area contributed by atoms with Crippen molar-refractivity contribution >= 4 is 11.9 Å². The van der Waals surface area contributed by atoms with Crippen LogP contribution in [0, 0.1) is 11.8 Å². The Kier molecular flexibility index (Phi) is 11.0. The van der Waals surface area contributed by atoms with E-state index in [4.69, 9.17) is 9.84 Å². The minimum absolute atomic E-state index is 0.0608. The summed E-state index contributed by atoms with van der Waals surface area (Å²) >= 11 is 0. The first-order valence-electron chi connectivity index (χ1n) is 8.31. The molecular weight excluding hydrogens is 268 g/mol. The van der Waals surface area contributed by atoms with Crippen molar-refractivity contribution in [1.82, 2.24) is 0 Å². The van der Waals surface area contributed by atoms with Gasteiger partial charge in [-0.3, -0.25) is 9.59 Å². The molecule has 0 aromatic carbocycles. The van der Waals surface area contributed by atoms with Crippen molar-refractivity contribution < 1.29 is 19.4 Å². The average Bonchev–Trinajstić information content (AvgIpc) is 2.36. The van der Waals surface area contributed by atoms with E-state index in [9.17, 15) is 9.59 Å². The summed E-state index contributed by atoms with van der Waals surface area (Å²) in [5.41, 5.74) is 0. The van der Waals surface area contributed by atoms with E-state index in [2.05, 4.69) is 13.8 Å². The molecule has 0 amide bonds. The molecule has 1 N–H and O–H groups in total. The molecule has 0 bridgehead atoms. The highest BCUT2D eigenvalue weighted by Gasteiger charge is 2.26. The van der Waals surface area contributed by atoms with Gasteiger partial charge in [-0.2, -0.15) is 0 Å². The van der Waals surface area contributed by atoms with E-state index in [1.165, 1.54) is 0 Å². The van der Waals surface area contributed by atoms with Crippen molar-refractivity contribution in [2.75, 3.05) is 0 Å². The Balaban J connectivity index is 4.75. The fraction of sp³-hybridized carbons (Fsp3) is 0.882. The molecule has 124 valence electrons. The van der Waals surface area contributed by atoms with Crippen LogP contribution in [0.1, 0.15) is 79.1 Å². The van der Waals surface area contributed by atoms with E-state index in [0.717, 1.165) is 38.5 Å². The number of rotatable bonds is 12. The highest BCUT2D eigenvalue weighted by atomic mass is 16.5. The number of ether oxygens (including phenoxy) is 1. The number of carboxylic acid groups (broad SMARTS) is 1. The molecule has 4 nitrogen and oxygen atoms in total. The summed E-state index contributed by atoms with van der Waals surface area (Å²) in [6, 6.07) is 0. The maximum atomic E-state index is 11.9. The van der Waals surface area contributed by atoms with Gasteiger partial charge in [0.05, 0.1) is 6.10 Å². The molecule has 1 atom stereocenters. The van der Waals surface area contributed by atoms with Crippen LogP contribution in [0.25, 0.3) is 0 Å². The quantitative estimate of drug-likeness (QED) is 0.542. The Bertz CT molecular complexity index is 291. The number of hydrogen-bond donors (Lipinski definition) is 1. The summed E-state index contributed by atoms with van der Waals surface area (Å²) in [5.74, 6) is -0.892. The number of esters is 1. The topological polar surface area (TPSA) is 63.6 Å². The number of carbonyl (C=O) groups is 2. The molecule has 0 aliphatic rings. The molecular formula is C17H32O4. The molecule has 0 aliphatic heterocycles. The molecule has 0 aliphatic carbocycles. The lowest BCUT2D eigenvalue weighted by molar-refractivity contribution is -0.149. The summed E-state index contributed by atoms with van der Waals surface area (Å²) in [4.78, 5) is 23.0. The second-order valence-corrected chi connectivity index (χ2v) is 6.15. The standard InChI is InChI=1S/C17H32O4/c1-5-7-9-14(10-8-6-2)15(11-16(18)19)12-17(20)21-13(3)4/h13-15H,5-12H2,1-4H3,(H,18,19). The van der Waals surface area contributed by atoms with Gasteiger partial charge in [-0.05, 0) is 25.7 Å². The van der Waals surface area contributed by atoms with Crippen LogP contribution in [0.15, 0.2) is 0 Å². The molecule has 0 aromatic rings. The third-order valence-electron chi connectivity index (χ3n) is 3.76. The second-order valence-electron chi connectivity index (χ2n) is 6.15. The molecule has 0 fully saturated rings. The van der Waals surface area contributed by atoms with Gasteiger partial charge in [0.15, 0.2) is 0 Å².